The van der Waals surface area contributed by atoms with E-state index in [4.69, 9.17) is 5.73 Å². The normalized spacial score (nSPS) is 10.3. The van der Waals surface area contributed by atoms with Gasteiger partial charge in [0.2, 0.25) is 0 Å². The zero-order valence-corrected chi connectivity index (χ0v) is 12.2. The number of amides is 1. The van der Waals surface area contributed by atoms with Crippen LogP contribution in [0.1, 0.15) is 28.4 Å². The van der Waals surface area contributed by atoms with Gasteiger partial charge < -0.3 is 10.6 Å². The van der Waals surface area contributed by atoms with Gasteiger partial charge in [-0.15, -0.1) is 0 Å². The van der Waals surface area contributed by atoms with E-state index < -0.39 is 0 Å². The van der Waals surface area contributed by atoms with Crippen LogP contribution in [0.3, 0.4) is 0 Å². The molecule has 20 heavy (non-hydrogen) atoms. The molecule has 0 aliphatic carbocycles. The van der Waals surface area contributed by atoms with E-state index in [1.54, 1.807) is 11.0 Å². The van der Waals surface area contributed by atoms with Crippen LogP contribution in [0, 0.1) is 13.8 Å². The molecule has 2 rings (SSSR count). The first kappa shape index (κ1) is 14.1. The Labute approximate surface area is 120 Å². The van der Waals surface area contributed by atoms with E-state index in [-0.39, 0.29) is 5.91 Å². The maximum Gasteiger partial charge on any atom is 0.260 e. The molecule has 0 aliphatic heterocycles. The smallest absolute Gasteiger partial charge is 0.260 e. The number of para-hydroxylation sites is 1. The maximum absolute atomic E-state index is 12.7. The van der Waals surface area contributed by atoms with Crippen molar-refractivity contribution in [2.45, 2.75) is 20.8 Å². The van der Waals surface area contributed by atoms with Crippen LogP contribution in [0.2, 0.25) is 0 Å². The van der Waals surface area contributed by atoms with E-state index in [1.807, 2.05) is 57.2 Å². The molecule has 0 radical (unpaired) electrons. The first-order chi connectivity index (χ1) is 9.54. The molecule has 0 aromatic heterocycles. The van der Waals surface area contributed by atoms with Gasteiger partial charge in [0, 0.05) is 17.9 Å². The van der Waals surface area contributed by atoms with Gasteiger partial charge in [-0.1, -0.05) is 29.8 Å². The lowest BCUT2D eigenvalue weighted by Crippen LogP contribution is -2.31. The molecule has 1 amide bonds. The summed E-state index contributed by atoms with van der Waals surface area (Å²) in [7, 11) is 0. The summed E-state index contributed by atoms with van der Waals surface area (Å²) in [6, 6.07) is 13.5. The highest BCUT2D eigenvalue weighted by molar-refractivity contribution is 6.09. The van der Waals surface area contributed by atoms with Crippen molar-refractivity contribution in [3.05, 3.63) is 59.2 Å². The minimum absolute atomic E-state index is 0.0578. The van der Waals surface area contributed by atoms with Gasteiger partial charge in [-0.3, -0.25) is 4.79 Å². The second-order valence-electron chi connectivity index (χ2n) is 4.92. The zero-order chi connectivity index (χ0) is 14.7. The zero-order valence-electron chi connectivity index (χ0n) is 12.2. The van der Waals surface area contributed by atoms with Crippen LogP contribution in [-0.2, 0) is 0 Å². The number of carbonyl (C=O) groups is 1. The van der Waals surface area contributed by atoms with E-state index in [0.29, 0.717) is 17.8 Å². The second kappa shape index (κ2) is 5.78. The third-order valence-corrected chi connectivity index (χ3v) is 3.46. The summed E-state index contributed by atoms with van der Waals surface area (Å²) in [5.41, 5.74) is 10.1. The van der Waals surface area contributed by atoms with Crippen LogP contribution in [0.5, 0.6) is 0 Å². The molecule has 2 aromatic carbocycles. The van der Waals surface area contributed by atoms with Gasteiger partial charge >= 0.3 is 0 Å². The molecular weight excluding hydrogens is 248 g/mol. The number of hydrogen-bond acceptors (Lipinski definition) is 2. The molecule has 3 nitrogen and oxygen atoms in total. The Morgan fingerprint density at radius 2 is 1.75 bits per heavy atom. The topological polar surface area (TPSA) is 46.3 Å². The van der Waals surface area contributed by atoms with E-state index >= 15 is 0 Å². The van der Waals surface area contributed by atoms with Crippen LogP contribution in [0.15, 0.2) is 42.5 Å². The lowest BCUT2D eigenvalue weighted by Gasteiger charge is -2.22. The van der Waals surface area contributed by atoms with Crippen molar-refractivity contribution in [1.29, 1.82) is 0 Å². The quantitative estimate of drug-likeness (QED) is 0.865. The van der Waals surface area contributed by atoms with Crippen molar-refractivity contribution in [3.8, 4) is 0 Å². The lowest BCUT2D eigenvalue weighted by molar-refractivity contribution is 0.0989. The summed E-state index contributed by atoms with van der Waals surface area (Å²) >= 11 is 0. The molecule has 0 atom stereocenters. The highest BCUT2D eigenvalue weighted by Crippen LogP contribution is 2.22. The van der Waals surface area contributed by atoms with Crippen molar-refractivity contribution >= 4 is 17.3 Å². The molecule has 0 aliphatic rings. The molecular formula is C17H20N2O. The number of benzene rings is 2. The summed E-state index contributed by atoms with van der Waals surface area (Å²) < 4.78 is 0. The molecule has 0 saturated heterocycles. The Balaban J connectivity index is 2.39. The molecule has 0 spiro atoms. The van der Waals surface area contributed by atoms with Crippen molar-refractivity contribution in [1.82, 2.24) is 0 Å². The molecule has 0 fully saturated rings. The van der Waals surface area contributed by atoms with Crippen LogP contribution in [0.4, 0.5) is 11.4 Å². The minimum atomic E-state index is -0.0578. The molecule has 3 heteroatoms. The minimum Gasteiger partial charge on any atom is -0.398 e. The van der Waals surface area contributed by atoms with Crippen LogP contribution < -0.4 is 10.6 Å². The molecule has 0 unspecified atom stereocenters. The number of hydrogen-bond donors (Lipinski definition) is 1. The van der Waals surface area contributed by atoms with Crippen molar-refractivity contribution in [2.75, 3.05) is 17.2 Å². The predicted molar refractivity (Wildman–Crippen MR) is 84.1 cm³/mol. The Kier molecular flexibility index (Phi) is 4.08. The number of nitrogens with two attached hydrogens (primary N) is 1. The largest absolute Gasteiger partial charge is 0.398 e. The summed E-state index contributed by atoms with van der Waals surface area (Å²) in [5, 5.41) is 0. The molecule has 104 valence electrons. The Hall–Kier alpha value is -2.29. The van der Waals surface area contributed by atoms with E-state index in [9.17, 15) is 4.79 Å². The molecule has 2 N–H and O–H groups in total. The lowest BCUT2D eigenvalue weighted by atomic mass is 10.1. The maximum atomic E-state index is 12.7. The summed E-state index contributed by atoms with van der Waals surface area (Å²) in [6.45, 7) is 6.51. The number of nitrogen functional groups attached to an aromatic ring is 1. The monoisotopic (exact) mass is 268 g/mol. The number of rotatable bonds is 3. The number of carbonyl (C=O) groups excluding carboxylic acids is 1. The first-order valence-electron chi connectivity index (χ1n) is 6.78. The van der Waals surface area contributed by atoms with Crippen molar-refractivity contribution in [2.24, 2.45) is 0 Å². The highest BCUT2D eigenvalue weighted by Gasteiger charge is 2.18. The molecule has 2 aromatic rings. The first-order valence-corrected chi connectivity index (χ1v) is 6.78. The average molecular weight is 268 g/mol. The summed E-state index contributed by atoms with van der Waals surface area (Å²) in [6.07, 6.45) is 0. The van der Waals surface area contributed by atoms with Crippen molar-refractivity contribution < 1.29 is 4.79 Å². The Morgan fingerprint density at radius 1 is 1.10 bits per heavy atom. The summed E-state index contributed by atoms with van der Waals surface area (Å²) in [4.78, 5) is 14.4. The average Bonchev–Trinajstić information content (AvgIpc) is 2.44. The van der Waals surface area contributed by atoms with E-state index in [1.165, 1.54) is 5.56 Å². The molecule has 0 heterocycles. The third kappa shape index (κ3) is 2.67. The molecule has 0 bridgehead atoms. The summed E-state index contributed by atoms with van der Waals surface area (Å²) in [5.74, 6) is -0.0578. The van der Waals surface area contributed by atoms with Gasteiger partial charge in [0.1, 0.15) is 0 Å². The number of nitrogens with zero attached hydrogens (tertiary/aromatic N) is 1. The Morgan fingerprint density at radius 3 is 2.35 bits per heavy atom. The molecule has 0 saturated carbocycles. The van der Waals surface area contributed by atoms with Gasteiger partial charge in [0.25, 0.3) is 5.91 Å². The third-order valence-electron chi connectivity index (χ3n) is 3.46. The predicted octanol–water partition coefficient (Wildman–Crippen LogP) is 3.55. The fraction of sp³-hybridized carbons (Fsp3) is 0.235. The highest BCUT2D eigenvalue weighted by atomic mass is 16.2. The second-order valence-corrected chi connectivity index (χ2v) is 4.92. The van der Waals surface area contributed by atoms with Gasteiger partial charge in [-0.05, 0) is 44.5 Å². The van der Waals surface area contributed by atoms with Gasteiger partial charge in [0.15, 0.2) is 0 Å². The van der Waals surface area contributed by atoms with Crippen LogP contribution in [-0.4, -0.2) is 12.5 Å². The fourth-order valence-electron chi connectivity index (χ4n) is 2.18. The van der Waals surface area contributed by atoms with Gasteiger partial charge in [-0.2, -0.15) is 0 Å². The number of aryl methyl sites for hydroxylation is 2. The van der Waals surface area contributed by atoms with Crippen LogP contribution >= 0.6 is 0 Å². The van der Waals surface area contributed by atoms with E-state index in [2.05, 4.69) is 0 Å². The Bertz CT molecular complexity index is 617. The number of anilines is 2. The van der Waals surface area contributed by atoms with Crippen molar-refractivity contribution in [3.63, 3.8) is 0 Å². The van der Waals surface area contributed by atoms with Crippen LogP contribution in [0.25, 0.3) is 0 Å². The standard InChI is InChI=1S/C17H20N2O/c1-4-19(14-10-8-12(2)9-11-14)17(20)15-7-5-6-13(3)16(15)18/h5-11H,4,18H2,1-3H3. The SMILES string of the molecule is CCN(C(=O)c1cccc(C)c1N)c1ccc(C)cc1. The fourth-order valence-corrected chi connectivity index (χ4v) is 2.18. The van der Waals surface area contributed by atoms with Gasteiger partial charge in [0.05, 0.1) is 5.56 Å². The van der Waals surface area contributed by atoms with Gasteiger partial charge in [-0.25, -0.2) is 0 Å². The van der Waals surface area contributed by atoms with E-state index in [0.717, 1.165) is 11.3 Å².